The van der Waals surface area contributed by atoms with Crippen LogP contribution in [-0.4, -0.2) is 59.6 Å². The zero-order valence-corrected chi connectivity index (χ0v) is 20.2. The first-order chi connectivity index (χ1) is 17.0. The van der Waals surface area contributed by atoms with Gasteiger partial charge in [-0.15, -0.1) is 0 Å². The third-order valence-corrected chi connectivity index (χ3v) is 6.70. The van der Waals surface area contributed by atoms with E-state index in [1.54, 1.807) is 10.7 Å². The second-order valence-corrected chi connectivity index (χ2v) is 9.13. The number of benzene rings is 2. The molecule has 7 nitrogen and oxygen atoms in total. The average Bonchev–Trinajstić information content (AvgIpc) is 3.26. The zero-order valence-electron chi connectivity index (χ0n) is 19.4. The van der Waals surface area contributed by atoms with Crippen molar-refractivity contribution in [1.29, 1.82) is 0 Å². The molecule has 1 N–H and O–H groups in total. The molecule has 0 spiro atoms. The second-order valence-electron chi connectivity index (χ2n) is 8.73. The molecule has 1 aliphatic heterocycles. The minimum atomic E-state index is -0.315. The summed E-state index contributed by atoms with van der Waals surface area (Å²) in [4.78, 5) is 18.8. The van der Waals surface area contributed by atoms with Crippen molar-refractivity contribution in [1.82, 2.24) is 19.5 Å². The number of hydrogen-bond donors (Lipinski definition) is 1. The predicted octanol–water partition coefficient (Wildman–Crippen LogP) is 3.71. The van der Waals surface area contributed by atoms with Gasteiger partial charge in [-0.2, -0.15) is 9.61 Å². The van der Waals surface area contributed by atoms with Crippen molar-refractivity contribution in [2.75, 3.05) is 25.5 Å². The van der Waals surface area contributed by atoms with Gasteiger partial charge in [0.2, 0.25) is 0 Å². The summed E-state index contributed by atoms with van der Waals surface area (Å²) in [6.45, 7) is 2.77. The van der Waals surface area contributed by atoms with Crippen LogP contribution in [0.25, 0.3) is 16.9 Å². The van der Waals surface area contributed by atoms with Crippen LogP contribution in [0.1, 0.15) is 28.8 Å². The van der Waals surface area contributed by atoms with Crippen molar-refractivity contribution in [2.45, 2.75) is 25.4 Å². The Morgan fingerprint density at radius 1 is 1.17 bits per heavy atom. The Morgan fingerprint density at radius 2 is 1.91 bits per heavy atom. The van der Waals surface area contributed by atoms with Crippen molar-refractivity contribution in [3.63, 3.8) is 0 Å². The Hall–Kier alpha value is -3.36. The van der Waals surface area contributed by atoms with Crippen LogP contribution in [-0.2, 0) is 11.3 Å². The molecule has 0 bridgehead atoms. The number of nitrogens with one attached hydrogen (secondary N) is 1. The summed E-state index contributed by atoms with van der Waals surface area (Å²) >= 11 is 6.44. The standard InChI is InChI=1S/C26H25BClN5O2/c1-35-26(34)18-8-6-17(7-9-18)16-32-12-10-19(11-13-32)30-24-14-23(20-4-2-3-5-22(20)28)31-25-21(27)15-29-33(24)25/h2-9,14-15,19,30H,10-13,16H2,1H3. The van der Waals surface area contributed by atoms with E-state index in [1.807, 2.05) is 54.6 Å². The third kappa shape index (κ3) is 5.04. The van der Waals surface area contributed by atoms with Gasteiger partial charge in [0.25, 0.3) is 0 Å². The second kappa shape index (κ2) is 10.1. The number of fused-ring (bicyclic) bond motifs is 1. The first kappa shape index (κ1) is 23.4. The molecule has 1 fully saturated rings. The lowest BCUT2D eigenvalue weighted by atomic mass is 10.0. The van der Waals surface area contributed by atoms with Gasteiger partial charge < -0.3 is 10.1 Å². The third-order valence-electron chi connectivity index (χ3n) is 6.37. The molecule has 0 atom stereocenters. The Morgan fingerprint density at radius 3 is 2.63 bits per heavy atom. The molecule has 9 heteroatoms. The van der Waals surface area contributed by atoms with Crippen molar-refractivity contribution < 1.29 is 9.53 Å². The fraction of sp³-hybridized carbons (Fsp3) is 0.269. The minimum absolute atomic E-state index is 0.295. The maximum absolute atomic E-state index is 11.6. The van der Waals surface area contributed by atoms with E-state index in [1.165, 1.54) is 12.7 Å². The number of methoxy groups -OCH3 is 1. The molecule has 4 aromatic rings. The monoisotopic (exact) mass is 485 g/mol. The van der Waals surface area contributed by atoms with Gasteiger partial charge in [-0.3, -0.25) is 4.90 Å². The van der Waals surface area contributed by atoms with Gasteiger partial charge >= 0.3 is 5.97 Å². The topological polar surface area (TPSA) is 71.8 Å². The SMILES string of the molecule is [B]c1cnn2c(NC3CCN(Cc4ccc(C(=O)OC)cc4)CC3)cc(-c3ccccc3Cl)nc12. The number of rotatable bonds is 6. The van der Waals surface area contributed by atoms with Crippen LogP contribution >= 0.6 is 11.6 Å². The number of aromatic nitrogens is 3. The molecule has 1 aliphatic rings. The van der Waals surface area contributed by atoms with Crippen LogP contribution in [0.5, 0.6) is 0 Å². The molecule has 1 saturated heterocycles. The summed E-state index contributed by atoms with van der Waals surface area (Å²) in [5, 5.41) is 8.73. The first-order valence-corrected chi connectivity index (χ1v) is 11.9. The van der Waals surface area contributed by atoms with Gasteiger partial charge in [-0.05, 0) is 42.1 Å². The number of halogens is 1. The van der Waals surface area contributed by atoms with Gasteiger partial charge in [0, 0.05) is 48.5 Å². The normalized spacial score (nSPS) is 14.8. The molecule has 35 heavy (non-hydrogen) atoms. The minimum Gasteiger partial charge on any atom is -0.465 e. The first-order valence-electron chi connectivity index (χ1n) is 11.6. The molecule has 176 valence electrons. The number of piperidine rings is 1. The van der Waals surface area contributed by atoms with E-state index >= 15 is 0 Å². The molecular formula is C26H25BClN5O2. The van der Waals surface area contributed by atoms with Gasteiger partial charge in [0.05, 0.1) is 18.4 Å². The maximum atomic E-state index is 11.6. The van der Waals surface area contributed by atoms with Gasteiger partial charge in [0.15, 0.2) is 5.65 Å². The summed E-state index contributed by atoms with van der Waals surface area (Å²) in [6, 6.07) is 17.5. The molecule has 3 heterocycles. The summed E-state index contributed by atoms with van der Waals surface area (Å²) in [5.74, 6) is 0.531. The Kier molecular flexibility index (Phi) is 6.75. The van der Waals surface area contributed by atoms with Gasteiger partial charge in [-0.25, -0.2) is 9.78 Å². The number of nitrogens with zero attached hydrogens (tertiary/aromatic N) is 4. The van der Waals surface area contributed by atoms with Crippen LogP contribution in [0.2, 0.25) is 5.02 Å². The lowest BCUT2D eigenvalue weighted by Crippen LogP contribution is -2.39. The van der Waals surface area contributed by atoms with E-state index in [-0.39, 0.29) is 5.97 Å². The molecule has 0 saturated carbocycles. The highest BCUT2D eigenvalue weighted by Gasteiger charge is 2.21. The van der Waals surface area contributed by atoms with Crippen molar-refractivity contribution in [2.24, 2.45) is 0 Å². The highest BCUT2D eigenvalue weighted by atomic mass is 35.5. The summed E-state index contributed by atoms with van der Waals surface area (Å²) in [6.07, 6.45) is 3.60. The maximum Gasteiger partial charge on any atom is 0.337 e. The molecular weight excluding hydrogens is 461 g/mol. The predicted molar refractivity (Wildman–Crippen MR) is 139 cm³/mol. The number of anilines is 1. The smallest absolute Gasteiger partial charge is 0.337 e. The van der Waals surface area contributed by atoms with E-state index in [0.717, 1.165) is 49.6 Å². The molecule has 0 unspecified atom stereocenters. The molecule has 0 aliphatic carbocycles. The average molecular weight is 486 g/mol. The van der Waals surface area contributed by atoms with Crippen molar-refractivity contribution in [3.05, 3.63) is 76.9 Å². The lowest BCUT2D eigenvalue weighted by Gasteiger charge is -2.33. The van der Waals surface area contributed by atoms with Gasteiger partial charge in [0.1, 0.15) is 13.7 Å². The highest BCUT2D eigenvalue weighted by Crippen LogP contribution is 2.29. The number of likely N-dealkylation sites (tertiary alicyclic amines) is 1. The van der Waals surface area contributed by atoms with Crippen molar-refractivity contribution in [3.8, 4) is 11.3 Å². The fourth-order valence-corrected chi connectivity index (χ4v) is 4.69. The fourth-order valence-electron chi connectivity index (χ4n) is 4.46. The highest BCUT2D eigenvalue weighted by molar-refractivity contribution is 6.36. The lowest BCUT2D eigenvalue weighted by molar-refractivity contribution is 0.0600. The van der Waals surface area contributed by atoms with Crippen LogP contribution in [0.15, 0.2) is 60.8 Å². The number of ether oxygens (including phenoxy) is 1. The summed E-state index contributed by atoms with van der Waals surface area (Å²) in [7, 11) is 7.54. The number of esters is 1. The number of carbonyl (C=O) groups is 1. The largest absolute Gasteiger partial charge is 0.465 e. The van der Waals surface area contributed by atoms with Crippen LogP contribution in [0, 0.1) is 0 Å². The number of hydrogen-bond acceptors (Lipinski definition) is 6. The molecule has 2 aromatic heterocycles. The molecule has 2 radical (unpaired) electrons. The van der Waals surface area contributed by atoms with Crippen LogP contribution in [0.3, 0.4) is 0 Å². The van der Waals surface area contributed by atoms with E-state index in [2.05, 4.69) is 15.3 Å². The Labute approximate surface area is 210 Å². The molecule has 5 rings (SSSR count). The van der Waals surface area contributed by atoms with E-state index in [9.17, 15) is 4.79 Å². The molecule has 0 amide bonds. The summed E-state index contributed by atoms with van der Waals surface area (Å²) < 4.78 is 6.53. The van der Waals surface area contributed by atoms with Crippen molar-refractivity contribution >= 4 is 42.3 Å². The van der Waals surface area contributed by atoms with Gasteiger partial charge in [-0.1, -0.05) is 41.9 Å². The van der Waals surface area contributed by atoms with Crippen LogP contribution < -0.4 is 10.8 Å². The van der Waals surface area contributed by atoms with E-state index in [4.69, 9.17) is 29.2 Å². The Bertz CT molecular complexity index is 1350. The quantitative estimate of drug-likeness (QED) is 0.332. The van der Waals surface area contributed by atoms with E-state index < -0.39 is 0 Å². The van der Waals surface area contributed by atoms with Crippen LogP contribution in [0.4, 0.5) is 5.82 Å². The zero-order chi connectivity index (χ0) is 24.4. The Balaban J connectivity index is 1.28. The number of carbonyl (C=O) groups excluding carboxylic acids is 1. The summed E-state index contributed by atoms with van der Waals surface area (Å²) in [5.41, 5.74) is 4.49. The van der Waals surface area contributed by atoms with E-state index in [0.29, 0.717) is 27.7 Å². The molecule has 2 aromatic carbocycles.